The van der Waals surface area contributed by atoms with Crippen LogP contribution < -0.4 is 4.74 Å². The fraction of sp³-hybridized carbons (Fsp3) is 0.385. The Morgan fingerprint density at radius 1 is 1.09 bits per heavy atom. The number of aromatic nitrogens is 1. The molecular formula is C26H32N2O3S. The van der Waals surface area contributed by atoms with Gasteiger partial charge < -0.3 is 14.4 Å². The van der Waals surface area contributed by atoms with Gasteiger partial charge in [0.05, 0.1) is 18.7 Å². The molecule has 1 amide bonds. The molecule has 170 valence electrons. The molecule has 32 heavy (non-hydrogen) atoms. The van der Waals surface area contributed by atoms with Crippen LogP contribution in [0.4, 0.5) is 0 Å². The van der Waals surface area contributed by atoms with E-state index in [1.165, 1.54) is 5.56 Å². The molecule has 0 atom stereocenters. The van der Waals surface area contributed by atoms with Gasteiger partial charge in [0.1, 0.15) is 17.4 Å². The topological polar surface area (TPSA) is 51.7 Å². The minimum absolute atomic E-state index is 0.101. The second-order valence-electron chi connectivity index (χ2n) is 8.04. The third-order valence-corrected chi connectivity index (χ3v) is 6.04. The van der Waals surface area contributed by atoms with Gasteiger partial charge in [0.25, 0.3) is 0 Å². The predicted octanol–water partition coefficient (Wildman–Crippen LogP) is 5.45. The number of para-hydroxylation sites is 1. The first-order valence-corrected chi connectivity index (χ1v) is 11.9. The summed E-state index contributed by atoms with van der Waals surface area (Å²) in [5.41, 5.74) is 3.11. The molecule has 0 spiro atoms. The van der Waals surface area contributed by atoms with E-state index in [1.54, 1.807) is 18.4 Å². The van der Waals surface area contributed by atoms with E-state index in [9.17, 15) is 4.79 Å². The van der Waals surface area contributed by atoms with Gasteiger partial charge in [-0.3, -0.25) is 4.79 Å². The van der Waals surface area contributed by atoms with Crippen molar-refractivity contribution in [3.8, 4) is 5.75 Å². The highest BCUT2D eigenvalue weighted by atomic mass is 32.1. The molecule has 0 aliphatic heterocycles. The van der Waals surface area contributed by atoms with Gasteiger partial charge in [-0.2, -0.15) is 0 Å². The largest absolute Gasteiger partial charge is 0.486 e. The second kappa shape index (κ2) is 12.4. The molecule has 0 saturated carbocycles. The normalized spacial score (nSPS) is 11.0. The highest BCUT2D eigenvalue weighted by molar-refractivity contribution is 7.09. The van der Waals surface area contributed by atoms with Crippen LogP contribution in [0.25, 0.3) is 0 Å². The molecule has 0 unspecified atom stereocenters. The van der Waals surface area contributed by atoms with Crippen molar-refractivity contribution in [2.75, 3.05) is 20.3 Å². The maximum Gasteiger partial charge on any atom is 0.227 e. The monoisotopic (exact) mass is 452 g/mol. The van der Waals surface area contributed by atoms with Crippen LogP contribution in [-0.2, 0) is 29.1 Å². The molecule has 0 N–H and O–H groups in total. The minimum Gasteiger partial charge on any atom is -0.486 e. The number of carbonyl (C=O) groups excluding carboxylic acids is 1. The molecule has 0 radical (unpaired) electrons. The molecule has 6 heteroatoms. The number of benzene rings is 2. The van der Waals surface area contributed by atoms with Gasteiger partial charge in [0.2, 0.25) is 5.91 Å². The van der Waals surface area contributed by atoms with Gasteiger partial charge in [-0.15, -0.1) is 11.3 Å². The van der Waals surface area contributed by atoms with E-state index in [1.807, 2.05) is 58.8 Å². The summed E-state index contributed by atoms with van der Waals surface area (Å²) in [7, 11) is 1.68. The van der Waals surface area contributed by atoms with Crippen LogP contribution >= 0.6 is 11.3 Å². The molecule has 0 fully saturated rings. The summed E-state index contributed by atoms with van der Waals surface area (Å²) in [6, 6.07) is 18.0. The van der Waals surface area contributed by atoms with Gasteiger partial charge >= 0.3 is 0 Å². The molecule has 5 nitrogen and oxygen atoms in total. The van der Waals surface area contributed by atoms with Crippen molar-refractivity contribution < 1.29 is 14.3 Å². The van der Waals surface area contributed by atoms with E-state index in [-0.39, 0.29) is 5.91 Å². The number of nitrogens with zero attached hydrogens (tertiary/aromatic N) is 2. The summed E-state index contributed by atoms with van der Waals surface area (Å²) in [6.07, 6.45) is 1.18. The number of rotatable bonds is 12. The van der Waals surface area contributed by atoms with E-state index in [0.29, 0.717) is 38.6 Å². The lowest BCUT2D eigenvalue weighted by Gasteiger charge is -2.22. The number of carbonyl (C=O) groups is 1. The molecule has 0 aliphatic rings. The fourth-order valence-corrected chi connectivity index (χ4v) is 4.18. The molecule has 0 saturated heterocycles. The fourth-order valence-electron chi connectivity index (χ4n) is 3.49. The molecule has 1 heterocycles. The summed E-state index contributed by atoms with van der Waals surface area (Å²) in [4.78, 5) is 19.6. The number of methoxy groups -OCH3 is 1. The Balaban J connectivity index is 1.62. The Bertz CT molecular complexity index is 972. The first kappa shape index (κ1) is 24.0. The van der Waals surface area contributed by atoms with Gasteiger partial charge in [-0.25, -0.2) is 4.98 Å². The first-order chi connectivity index (χ1) is 15.6. The molecule has 3 rings (SSSR count). The lowest BCUT2D eigenvalue weighted by molar-refractivity contribution is -0.131. The van der Waals surface area contributed by atoms with E-state index < -0.39 is 0 Å². The standard InChI is InChI=1S/C26H32N2O3S/c1-20(2)23-12-7-8-13-24(23)31-18-25-27-22(19-32-25)17-28(14-9-15-30-3)26(29)16-21-10-5-4-6-11-21/h4-8,10-13,19-20H,9,14-18H2,1-3H3. The summed E-state index contributed by atoms with van der Waals surface area (Å²) in [6.45, 7) is 6.51. The Labute approximate surface area is 195 Å². The van der Waals surface area contributed by atoms with Crippen LogP contribution in [-0.4, -0.2) is 36.1 Å². The second-order valence-corrected chi connectivity index (χ2v) is 8.98. The van der Waals surface area contributed by atoms with Crippen molar-refractivity contribution >= 4 is 17.2 Å². The van der Waals surface area contributed by atoms with Crippen molar-refractivity contribution in [2.24, 2.45) is 0 Å². The van der Waals surface area contributed by atoms with Crippen molar-refractivity contribution in [3.63, 3.8) is 0 Å². The highest BCUT2D eigenvalue weighted by Gasteiger charge is 2.16. The van der Waals surface area contributed by atoms with Crippen LogP contribution in [0.2, 0.25) is 0 Å². The van der Waals surface area contributed by atoms with Crippen LogP contribution in [0.15, 0.2) is 60.0 Å². The third-order valence-electron chi connectivity index (χ3n) is 5.17. The van der Waals surface area contributed by atoms with Gasteiger partial charge in [-0.1, -0.05) is 62.4 Å². The Hall–Kier alpha value is -2.70. The van der Waals surface area contributed by atoms with Crippen LogP contribution in [0, 0.1) is 0 Å². The van der Waals surface area contributed by atoms with Gasteiger partial charge in [-0.05, 0) is 29.5 Å². The maximum absolute atomic E-state index is 13.0. The lowest BCUT2D eigenvalue weighted by Crippen LogP contribution is -2.33. The molecule has 0 bridgehead atoms. The van der Waals surface area contributed by atoms with E-state index in [2.05, 4.69) is 19.9 Å². The summed E-state index contributed by atoms with van der Waals surface area (Å²) in [5, 5.41) is 2.93. The summed E-state index contributed by atoms with van der Waals surface area (Å²) < 4.78 is 11.2. The number of ether oxygens (including phenoxy) is 2. The van der Waals surface area contributed by atoms with Crippen molar-refractivity contribution in [1.82, 2.24) is 9.88 Å². The number of hydrogen-bond donors (Lipinski definition) is 0. The van der Waals surface area contributed by atoms with Crippen LogP contribution in [0.1, 0.15) is 48.0 Å². The van der Waals surface area contributed by atoms with E-state index in [0.717, 1.165) is 28.4 Å². The molecule has 0 aliphatic carbocycles. The molecule has 1 aromatic heterocycles. The van der Waals surface area contributed by atoms with Crippen molar-refractivity contribution in [1.29, 1.82) is 0 Å². The first-order valence-electron chi connectivity index (χ1n) is 11.0. The van der Waals surface area contributed by atoms with E-state index in [4.69, 9.17) is 14.5 Å². The Morgan fingerprint density at radius 2 is 1.84 bits per heavy atom. The zero-order chi connectivity index (χ0) is 22.8. The zero-order valence-electron chi connectivity index (χ0n) is 19.1. The summed E-state index contributed by atoms with van der Waals surface area (Å²) >= 11 is 1.57. The average Bonchev–Trinajstić information content (AvgIpc) is 3.25. The number of thiazole rings is 1. The van der Waals surface area contributed by atoms with Gasteiger partial charge in [0, 0.05) is 25.6 Å². The van der Waals surface area contributed by atoms with Crippen LogP contribution in [0.5, 0.6) is 5.75 Å². The van der Waals surface area contributed by atoms with Crippen molar-refractivity contribution in [3.05, 3.63) is 81.8 Å². The number of hydrogen-bond acceptors (Lipinski definition) is 5. The quantitative estimate of drug-likeness (QED) is 0.343. The minimum atomic E-state index is 0.101. The Morgan fingerprint density at radius 3 is 2.59 bits per heavy atom. The zero-order valence-corrected chi connectivity index (χ0v) is 19.9. The average molecular weight is 453 g/mol. The number of amides is 1. The third kappa shape index (κ3) is 7.18. The van der Waals surface area contributed by atoms with Gasteiger partial charge in [0.15, 0.2) is 0 Å². The van der Waals surface area contributed by atoms with Crippen LogP contribution in [0.3, 0.4) is 0 Å². The van der Waals surface area contributed by atoms with Crippen molar-refractivity contribution in [2.45, 2.75) is 45.8 Å². The lowest BCUT2D eigenvalue weighted by atomic mass is 10.0. The predicted molar refractivity (Wildman–Crippen MR) is 129 cm³/mol. The maximum atomic E-state index is 13.0. The summed E-state index contributed by atoms with van der Waals surface area (Å²) in [5.74, 6) is 1.40. The molecular weight excluding hydrogens is 420 g/mol. The highest BCUT2D eigenvalue weighted by Crippen LogP contribution is 2.27. The molecule has 3 aromatic rings. The van der Waals surface area contributed by atoms with E-state index >= 15 is 0 Å². The smallest absolute Gasteiger partial charge is 0.227 e. The Kier molecular flexibility index (Phi) is 9.26. The SMILES string of the molecule is COCCCN(Cc1csc(COc2ccccc2C(C)C)n1)C(=O)Cc1ccccc1. The molecule has 2 aromatic carbocycles.